The van der Waals surface area contributed by atoms with Crippen molar-refractivity contribution in [3.63, 3.8) is 0 Å². The number of ether oxygens (including phenoxy) is 2. The Bertz CT molecular complexity index is 245. The van der Waals surface area contributed by atoms with Crippen LogP contribution in [0.15, 0.2) is 25.3 Å². The molecule has 0 radical (unpaired) electrons. The third-order valence-corrected chi connectivity index (χ3v) is 1.11. The molecule has 0 saturated carbocycles. The van der Waals surface area contributed by atoms with E-state index in [1.165, 1.54) is 0 Å². The van der Waals surface area contributed by atoms with Crippen LogP contribution in [0.3, 0.4) is 0 Å². The Kier molecular flexibility index (Phi) is 40.5. The summed E-state index contributed by atoms with van der Waals surface area (Å²) in [5.74, 6) is 0. The smallest absolute Gasteiger partial charge is 0.450 e. The van der Waals surface area contributed by atoms with E-state index in [1.54, 1.807) is 12.2 Å². The maximum atomic E-state index is 8.56. The lowest BCUT2D eigenvalue weighted by Gasteiger charge is -1.95. The second-order valence-corrected chi connectivity index (χ2v) is 2.96. The van der Waals surface area contributed by atoms with Gasteiger partial charge in [0, 0.05) is 0 Å². The van der Waals surface area contributed by atoms with E-state index in [1.807, 2.05) is 0 Å². The first-order valence-corrected chi connectivity index (χ1v) is 6.03. The van der Waals surface area contributed by atoms with Crippen molar-refractivity contribution in [3.05, 3.63) is 25.3 Å². The number of carboxylic acid groups (broad SMARTS) is 4. The minimum absolute atomic E-state index is 0.216. The summed E-state index contributed by atoms with van der Waals surface area (Å²) in [6, 6.07) is 0. The quantitative estimate of drug-likeness (QED) is 0.143. The van der Waals surface area contributed by atoms with Crippen LogP contribution in [0.1, 0.15) is 0 Å². The summed E-state index contributed by atoms with van der Waals surface area (Å²) in [6.07, 6.45) is -0.394. The summed E-state index contributed by atoms with van der Waals surface area (Å²) in [5.41, 5.74) is 0. The molecule has 0 heterocycles. The summed E-state index contributed by atoms with van der Waals surface area (Å²) >= 11 is 0. The van der Waals surface area contributed by atoms with Crippen LogP contribution >= 0.6 is 0 Å². The first-order chi connectivity index (χ1) is 11.3. The summed E-state index contributed by atoms with van der Waals surface area (Å²) in [5, 5.41) is 43.4. The molecule has 0 rings (SSSR count). The number of hydrogen-bond acceptors (Lipinski definition) is 8. The molecule has 0 aliphatic rings. The zero-order chi connectivity index (χ0) is 19.6. The average molecular weight is 360 g/mol. The summed E-state index contributed by atoms with van der Waals surface area (Å²) in [4.78, 5) is 24.6. The second-order valence-electron chi connectivity index (χ2n) is 2.96. The predicted octanol–water partition coefficient (Wildman–Crippen LogP) is 1.80. The van der Waals surface area contributed by atoms with Crippen LogP contribution in [0.5, 0.6) is 0 Å². The normalized spacial score (nSPS) is 8.08. The Morgan fingerprint density at radius 1 is 0.708 bits per heavy atom. The van der Waals surface area contributed by atoms with Gasteiger partial charge in [0.25, 0.3) is 0 Å². The number of carbonyl (C=O) groups is 2. The van der Waals surface area contributed by atoms with Crippen molar-refractivity contribution in [2.75, 3.05) is 39.6 Å². The standard InChI is InChI=1S/2C5H10O3.2CH2O3/c2*1-2-3-7-4-5-8-6;2*2-1(3)4/h2*2,6H,1,3-5H2;2*(H2,2,3,4). The molecule has 24 heavy (non-hydrogen) atoms. The van der Waals surface area contributed by atoms with Crippen molar-refractivity contribution in [1.82, 2.24) is 0 Å². The molecular formula is C12H24O12. The fourth-order valence-corrected chi connectivity index (χ4v) is 0.526. The monoisotopic (exact) mass is 360 g/mol. The van der Waals surface area contributed by atoms with Gasteiger partial charge in [-0.25, -0.2) is 19.4 Å². The van der Waals surface area contributed by atoms with Gasteiger partial charge in [-0.1, -0.05) is 12.2 Å². The van der Waals surface area contributed by atoms with Crippen molar-refractivity contribution in [1.29, 1.82) is 0 Å². The SMILES string of the molecule is C=CCOCCOO.C=CCOCCOO.O=C(O)O.O=C(O)O. The molecular weight excluding hydrogens is 336 g/mol. The third kappa shape index (κ3) is 115. The van der Waals surface area contributed by atoms with Crippen molar-refractivity contribution >= 4 is 12.3 Å². The van der Waals surface area contributed by atoms with Crippen molar-refractivity contribution < 1.29 is 59.8 Å². The van der Waals surface area contributed by atoms with Gasteiger partial charge in [-0.05, 0) is 0 Å². The Balaban J connectivity index is -0.000000117. The largest absolute Gasteiger partial charge is 0.503 e. The van der Waals surface area contributed by atoms with E-state index in [-0.39, 0.29) is 13.2 Å². The first kappa shape index (κ1) is 29.7. The van der Waals surface area contributed by atoms with Crippen LogP contribution in [0, 0.1) is 0 Å². The first-order valence-electron chi connectivity index (χ1n) is 6.03. The lowest BCUT2D eigenvalue weighted by molar-refractivity contribution is -0.248. The van der Waals surface area contributed by atoms with Gasteiger partial charge in [0.15, 0.2) is 0 Å². The van der Waals surface area contributed by atoms with Gasteiger partial charge in [-0.2, -0.15) is 0 Å². The molecule has 12 nitrogen and oxygen atoms in total. The highest BCUT2D eigenvalue weighted by molar-refractivity contribution is 5.53. The van der Waals surface area contributed by atoms with Crippen LogP contribution < -0.4 is 0 Å². The summed E-state index contributed by atoms with van der Waals surface area (Å²) in [6.45, 7) is 9.11. The average Bonchev–Trinajstić information content (AvgIpc) is 2.48. The maximum Gasteiger partial charge on any atom is 0.503 e. The molecule has 144 valence electrons. The summed E-state index contributed by atoms with van der Waals surface area (Å²) in [7, 11) is 0. The van der Waals surface area contributed by atoms with Gasteiger partial charge in [-0.3, -0.25) is 10.5 Å². The van der Waals surface area contributed by atoms with Gasteiger partial charge >= 0.3 is 12.3 Å². The fourth-order valence-electron chi connectivity index (χ4n) is 0.526. The third-order valence-electron chi connectivity index (χ3n) is 1.11. The molecule has 0 amide bonds. The molecule has 0 aromatic heterocycles. The molecule has 0 aliphatic heterocycles. The Hall–Kier alpha value is -2.22. The molecule has 0 aliphatic carbocycles. The molecule has 0 unspecified atom stereocenters. The molecule has 0 aromatic carbocycles. The lowest BCUT2D eigenvalue weighted by Crippen LogP contribution is -2.01. The summed E-state index contributed by atoms with van der Waals surface area (Å²) < 4.78 is 9.64. The minimum atomic E-state index is -1.83. The molecule has 0 fully saturated rings. The van der Waals surface area contributed by atoms with Gasteiger partial charge in [0.05, 0.1) is 26.4 Å². The molecule has 0 atom stereocenters. The van der Waals surface area contributed by atoms with Crippen LogP contribution in [0.2, 0.25) is 0 Å². The Morgan fingerprint density at radius 2 is 0.958 bits per heavy atom. The Labute approximate surface area is 138 Å². The van der Waals surface area contributed by atoms with Crippen LogP contribution in [-0.2, 0) is 19.2 Å². The topological polar surface area (TPSA) is 192 Å². The van der Waals surface area contributed by atoms with Gasteiger partial charge in [0.1, 0.15) is 13.2 Å². The molecule has 0 bridgehead atoms. The highest BCUT2D eigenvalue weighted by atomic mass is 17.1. The molecule has 6 N–H and O–H groups in total. The van der Waals surface area contributed by atoms with Crippen LogP contribution in [-0.4, -0.2) is 82.9 Å². The minimum Gasteiger partial charge on any atom is -0.450 e. The Morgan fingerprint density at radius 3 is 1.12 bits per heavy atom. The highest BCUT2D eigenvalue weighted by Gasteiger charge is 1.81. The maximum absolute atomic E-state index is 8.56. The molecule has 0 spiro atoms. The molecule has 0 saturated heterocycles. The van der Waals surface area contributed by atoms with E-state index < -0.39 is 12.3 Å². The van der Waals surface area contributed by atoms with E-state index >= 15 is 0 Å². The number of rotatable bonds is 10. The fraction of sp³-hybridized carbons (Fsp3) is 0.500. The number of hydrogen-bond donors (Lipinski definition) is 6. The highest BCUT2D eigenvalue weighted by Crippen LogP contribution is 1.74. The molecule has 12 heteroatoms. The zero-order valence-corrected chi connectivity index (χ0v) is 12.9. The van der Waals surface area contributed by atoms with Crippen LogP contribution in [0.4, 0.5) is 9.59 Å². The van der Waals surface area contributed by atoms with Gasteiger partial charge in [-0.15, -0.1) is 13.2 Å². The van der Waals surface area contributed by atoms with E-state index in [4.69, 9.17) is 50.0 Å². The van der Waals surface area contributed by atoms with Crippen LogP contribution in [0.25, 0.3) is 0 Å². The van der Waals surface area contributed by atoms with Gasteiger partial charge in [0.2, 0.25) is 0 Å². The van der Waals surface area contributed by atoms with E-state index in [2.05, 4.69) is 22.9 Å². The van der Waals surface area contributed by atoms with Crippen molar-refractivity contribution in [2.24, 2.45) is 0 Å². The van der Waals surface area contributed by atoms with Crippen molar-refractivity contribution in [3.8, 4) is 0 Å². The van der Waals surface area contributed by atoms with Crippen molar-refractivity contribution in [2.45, 2.75) is 0 Å². The molecule has 0 aromatic rings. The van der Waals surface area contributed by atoms with E-state index in [9.17, 15) is 0 Å². The van der Waals surface area contributed by atoms with E-state index in [0.29, 0.717) is 26.4 Å². The van der Waals surface area contributed by atoms with E-state index in [0.717, 1.165) is 0 Å². The lowest BCUT2D eigenvalue weighted by atomic mass is 10.7. The second kappa shape index (κ2) is 32.7. The zero-order valence-electron chi connectivity index (χ0n) is 12.9. The van der Waals surface area contributed by atoms with Gasteiger partial charge < -0.3 is 29.9 Å². The predicted molar refractivity (Wildman–Crippen MR) is 80.5 cm³/mol.